The molecule has 122 valence electrons. The number of furan rings is 1. The fourth-order valence-corrected chi connectivity index (χ4v) is 2.43. The number of hydrogen-bond acceptors (Lipinski definition) is 3. The third-order valence-corrected chi connectivity index (χ3v) is 3.62. The summed E-state index contributed by atoms with van der Waals surface area (Å²) in [5.41, 5.74) is 0. The van der Waals surface area contributed by atoms with E-state index in [4.69, 9.17) is 4.42 Å². The van der Waals surface area contributed by atoms with Gasteiger partial charge in [-0.25, -0.2) is 0 Å². The molecule has 0 aliphatic carbocycles. The average Bonchev–Trinajstić information content (AvgIpc) is 2.92. The number of rotatable bonds is 4. The summed E-state index contributed by atoms with van der Waals surface area (Å²) in [6, 6.07) is 3.06. The first kappa shape index (κ1) is 16.4. The molecular weight excluding hydrogens is 301 g/mol. The molecule has 0 aromatic carbocycles. The van der Waals surface area contributed by atoms with Gasteiger partial charge in [0.1, 0.15) is 12.3 Å². The van der Waals surface area contributed by atoms with Crippen molar-refractivity contribution in [2.24, 2.45) is 5.92 Å². The third kappa shape index (κ3) is 4.25. The van der Waals surface area contributed by atoms with Crippen molar-refractivity contribution in [3.63, 3.8) is 0 Å². The number of alkyl halides is 3. The standard InChI is InChI=1S/C14H17F3N2O3/c1-18-5-4-10(7-12(18)20)13(21)19(9-14(15,16)17)8-11-3-2-6-22-11/h2-3,6,10H,4-5,7-9H2,1H3. The topological polar surface area (TPSA) is 53.8 Å². The molecule has 0 N–H and O–H groups in total. The first-order valence-corrected chi connectivity index (χ1v) is 6.88. The summed E-state index contributed by atoms with van der Waals surface area (Å²) in [6.07, 6.45) is -2.85. The molecule has 1 atom stereocenters. The fraction of sp³-hybridized carbons (Fsp3) is 0.571. The number of amides is 2. The molecule has 0 radical (unpaired) electrons. The number of halogens is 3. The van der Waals surface area contributed by atoms with Crippen molar-refractivity contribution in [3.05, 3.63) is 24.2 Å². The third-order valence-electron chi connectivity index (χ3n) is 3.62. The maximum Gasteiger partial charge on any atom is 0.406 e. The normalized spacial score (nSPS) is 19.4. The van der Waals surface area contributed by atoms with E-state index in [2.05, 4.69) is 0 Å². The van der Waals surface area contributed by atoms with Gasteiger partial charge in [0.15, 0.2) is 0 Å². The minimum Gasteiger partial charge on any atom is -0.467 e. The van der Waals surface area contributed by atoms with Crippen LogP contribution in [0.2, 0.25) is 0 Å². The maximum atomic E-state index is 12.7. The van der Waals surface area contributed by atoms with Crippen molar-refractivity contribution in [1.82, 2.24) is 9.80 Å². The molecule has 1 aliphatic heterocycles. The molecule has 2 rings (SSSR count). The lowest BCUT2D eigenvalue weighted by molar-refractivity contribution is -0.167. The van der Waals surface area contributed by atoms with Crippen LogP contribution >= 0.6 is 0 Å². The van der Waals surface area contributed by atoms with Crippen LogP contribution < -0.4 is 0 Å². The lowest BCUT2D eigenvalue weighted by Gasteiger charge is -2.32. The van der Waals surface area contributed by atoms with Crippen LogP contribution in [0.3, 0.4) is 0 Å². The zero-order valence-electron chi connectivity index (χ0n) is 12.1. The Bertz CT molecular complexity index is 528. The molecule has 0 bridgehead atoms. The first-order valence-electron chi connectivity index (χ1n) is 6.88. The van der Waals surface area contributed by atoms with Gasteiger partial charge in [0.2, 0.25) is 11.8 Å². The number of carbonyl (C=O) groups is 2. The molecule has 1 aliphatic rings. The van der Waals surface area contributed by atoms with Crippen LogP contribution in [-0.4, -0.2) is 47.9 Å². The van der Waals surface area contributed by atoms with Gasteiger partial charge in [-0.2, -0.15) is 13.2 Å². The molecule has 0 saturated carbocycles. The van der Waals surface area contributed by atoms with Crippen molar-refractivity contribution in [2.45, 2.75) is 25.6 Å². The number of hydrogen-bond donors (Lipinski definition) is 0. The SMILES string of the molecule is CN1CCC(C(=O)N(Cc2ccco2)CC(F)(F)F)CC1=O. The van der Waals surface area contributed by atoms with Gasteiger partial charge in [-0.3, -0.25) is 9.59 Å². The summed E-state index contributed by atoms with van der Waals surface area (Å²) in [6.45, 7) is -1.24. The Balaban J connectivity index is 2.09. The van der Waals surface area contributed by atoms with E-state index in [0.29, 0.717) is 17.9 Å². The molecule has 1 aromatic heterocycles. The van der Waals surface area contributed by atoms with Crippen molar-refractivity contribution < 1.29 is 27.2 Å². The molecule has 5 nitrogen and oxygen atoms in total. The average molecular weight is 318 g/mol. The minimum absolute atomic E-state index is 0.0537. The Morgan fingerprint density at radius 3 is 2.77 bits per heavy atom. The number of nitrogens with zero attached hydrogens (tertiary/aromatic N) is 2. The van der Waals surface area contributed by atoms with Crippen molar-refractivity contribution >= 4 is 11.8 Å². The highest BCUT2D eigenvalue weighted by Gasteiger charge is 2.37. The minimum atomic E-state index is -4.50. The quantitative estimate of drug-likeness (QED) is 0.854. The smallest absolute Gasteiger partial charge is 0.406 e. The molecule has 22 heavy (non-hydrogen) atoms. The van der Waals surface area contributed by atoms with E-state index in [9.17, 15) is 22.8 Å². The molecule has 1 saturated heterocycles. The Morgan fingerprint density at radius 2 is 2.23 bits per heavy atom. The Hall–Kier alpha value is -1.99. The van der Waals surface area contributed by atoms with E-state index in [-0.39, 0.29) is 24.6 Å². The summed E-state index contributed by atoms with van der Waals surface area (Å²) in [4.78, 5) is 26.2. The predicted octanol–water partition coefficient (Wildman–Crippen LogP) is 2.04. The second kappa shape index (κ2) is 6.41. The van der Waals surface area contributed by atoms with E-state index < -0.39 is 24.5 Å². The Morgan fingerprint density at radius 1 is 1.50 bits per heavy atom. The van der Waals surface area contributed by atoms with Gasteiger partial charge >= 0.3 is 6.18 Å². The maximum absolute atomic E-state index is 12.7. The molecule has 2 heterocycles. The summed E-state index contributed by atoms with van der Waals surface area (Å²) < 4.78 is 43.1. The Labute approximate surface area is 125 Å². The van der Waals surface area contributed by atoms with E-state index in [0.717, 1.165) is 0 Å². The monoisotopic (exact) mass is 318 g/mol. The molecular formula is C14H17F3N2O3. The predicted molar refractivity (Wildman–Crippen MR) is 70.5 cm³/mol. The van der Waals surface area contributed by atoms with Gasteiger partial charge in [0.05, 0.1) is 12.8 Å². The first-order chi connectivity index (χ1) is 10.3. The molecule has 1 fully saturated rings. The second-order valence-electron chi connectivity index (χ2n) is 5.39. The highest BCUT2D eigenvalue weighted by Crippen LogP contribution is 2.24. The van der Waals surface area contributed by atoms with Gasteiger partial charge in [0.25, 0.3) is 0 Å². The van der Waals surface area contributed by atoms with E-state index in [1.165, 1.54) is 17.2 Å². The van der Waals surface area contributed by atoms with Crippen LogP contribution in [0.4, 0.5) is 13.2 Å². The van der Waals surface area contributed by atoms with Crippen molar-refractivity contribution in [3.8, 4) is 0 Å². The lowest BCUT2D eigenvalue weighted by Crippen LogP contribution is -2.46. The summed E-state index contributed by atoms with van der Waals surface area (Å²) in [7, 11) is 1.61. The Kier molecular flexibility index (Phi) is 4.77. The molecule has 1 aromatic rings. The zero-order chi connectivity index (χ0) is 16.3. The van der Waals surface area contributed by atoms with Gasteiger partial charge in [-0.05, 0) is 18.6 Å². The van der Waals surface area contributed by atoms with E-state index in [1.54, 1.807) is 13.1 Å². The molecule has 2 amide bonds. The van der Waals surface area contributed by atoms with Crippen LogP contribution in [0.5, 0.6) is 0 Å². The molecule has 0 spiro atoms. The summed E-state index contributed by atoms with van der Waals surface area (Å²) >= 11 is 0. The second-order valence-corrected chi connectivity index (χ2v) is 5.39. The largest absolute Gasteiger partial charge is 0.467 e. The number of carbonyl (C=O) groups excluding carboxylic acids is 2. The van der Waals surface area contributed by atoms with Gasteiger partial charge in [-0.15, -0.1) is 0 Å². The van der Waals surface area contributed by atoms with E-state index >= 15 is 0 Å². The molecule has 1 unspecified atom stereocenters. The van der Waals surface area contributed by atoms with Crippen LogP contribution in [0.25, 0.3) is 0 Å². The van der Waals surface area contributed by atoms with Gasteiger partial charge < -0.3 is 14.2 Å². The highest BCUT2D eigenvalue weighted by atomic mass is 19.4. The zero-order valence-corrected chi connectivity index (χ0v) is 12.1. The lowest BCUT2D eigenvalue weighted by atomic mass is 9.95. The van der Waals surface area contributed by atoms with Crippen LogP contribution in [0.1, 0.15) is 18.6 Å². The summed E-state index contributed by atoms with van der Waals surface area (Å²) in [5.74, 6) is -1.32. The van der Waals surface area contributed by atoms with Crippen LogP contribution in [-0.2, 0) is 16.1 Å². The van der Waals surface area contributed by atoms with Crippen LogP contribution in [0.15, 0.2) is 22.8 Å². The van der Waals surface area contributed by atoms with Crippen LogP contribution in [0, 0.1) is 5.92 Å². The van der Waals surface area contributed by atoms with Gasteiger partial charge in [-0.1, -0.05) is 0 Å². The number of piperidine rings is 1. The van der Waals surface area contributed by atoms with Gasteiger partial charge in [0, 0.05) is 25.9 Å². The van der Waals surface area contributed by atoms with Crippen molar-refractivity contribution in [2.75, 3.05) is 20.1 Å². The molecule has 8 heteroatoms. The fourth-order valence-electron chi connectivity index (χ4n) is 2.43. The van der Waals surface area contributed by atoms with E-state index in [1.807, 2.05) is 0 Å². The summed E-state index contributed by atoms with van der Waals surface area (Å²) in [5, 5.41) is 0. The highest BCUT2D eigenvalue weighted by molar-refractivity contribution is 5.86. The number of likely N-dealkylation sites (tertiary alicyclic amines) is 1. The van der Waals surface area contributed by atoms with Crippen molar-refractivity contribution in [1.29, 1.82) is 0 Å².